The molecule has 0 unspecified atom stereocenters. The van der Waals surface area contributed by atoms with Gasteiger partial charge in [0.2, 0.25) is 11.8 Å². The fourth-order valence-corrected chi connectivity index (χ4v) is 5.58. The van der Waals surface area contributed by atoms with E-state index < -0.39 is 11.4 Å². The molecule has 0 spiro atoms. The van der Waals surface area contributed by atoms with E-state index in [1.54, 1.807) is 35.5 Å². The first-order chi connectivity index (χ1) is 16.3. The van der Waals surface area contributed by atoms with Crippen LogP contribution in [0.3, 0.4) is 0 Å². The molecule has 2 fully saturated rings. The monoisotopic (exact) mass is 461 g/mol. The smallest absolute Gasteiger partial charge is 0.323 e. The Morgan fingerprint density at radius 3 is 2.91 bits per heavy atom. The summed E-state index contributed by atoms with van der Waals surface area (Å²) in [5.74, 6) is 1.25. The highest BCUT2D eigenvalue weighted by Crippen LogP contribution is 2.55. The lowest BCUT2D eigenvalue weighted by molar-refractivity contribution is -0.110. The second-order valence-corrected chi connectivity index (χ2v) is 9.47. The molecular formula is C24H24FN7O2. The highest BCUT2D eigenvalue weighted by molar-refractivity contribution is 5.92. The number of hydrogen-bond acceptors (Lipinski definition) is 6. The quantitative estimate of drug-likeness (QED) is 0.483. The first-order valence-electron chi connectivity index (χ1n) is 11.4. The lowest BCUT2D eigenvalue weighted by Gasteiger charge is -2.61. The minimum atomic E-state index is -0.653. The number of benzene rings is 1. The Morgan fingerprint density at radius 2 is 2.12 bits per heavy atom. The molecule has 3 aromatic heterocycles. The van der Waals surface area contributed by atoms with Crippen LogP contribution >= 0.6 is 0 Å². The first kappa shape index (κ1) is 20.8. The molecule has 10 heteroatoms. The summed E-state index contributed by atoms with van der Waals surface area (Å²) in [6.45, 7) is 5.69. The third-order valence-electron chi connectivity index (χ3n) is 6.98. The van der Waals surface area contributed by atoms with Crippen molar-refractivity contribution in [3.05, 3.63) is 59.8 Å². The molecule has 2 aliphatic rings. The maximum atomic E-state index is 14.9. The number of urea groups is 1. The summed E-state index contributed by atoms with van der Waals surface area (Å²) < 4.78 is 22.4. The number of likely N-dealkylation sites (tertiary alicyclic amines) is 1. The fraction of sp³-hybridized carbons (Fsp3) is 0.375. The topological polar surface area (TPSA) is 101 Å². The maximum absolute atomic E-state index is 14.9. The van der Waals surface area contributed by atoms with Crippen molar-refractivity contribution in [1.82, 2.24) is 29.7 Å². The lowest BCUT2D eigenvalue weighted by atomic mass is 9.64. The van der Waals surface area contributed by atoms with Gasteiger partial charge < -0.3 is 14.6 Å². The summed E-state index contributed by atoms with van der Waals surface area (Å²) in [6, 6.07) is 6.43. The lowest BCUT2D eigenvalue weighted by Crippen LogP contribution is -2.70. The number of carbonyl (C=O) groups excluding carboxylic acids is 1. The molecule has 1 aromatic carbocycles. The average molecular weight is 462 g/mol. The number of piperidine rings is 1. The number of fused-ring (bicyclic) bond motifs is 3. The van der Waals surface area contributed by atoms with Crippen molar-refractivity contribution in [3.8, 4) is 11.4 Å². The molecule has 34 heavy (non-hydrogen) atoms. The SMILES string of the molecule is Cc1nnc([C@@]23C[C@H](C)C[C@@H](C2)N3C(=O)Nc2cc(-c3ncc4cccn4n3)c(C)cc2F)o1. The third-order valence-corrected chi connectivity index (χ3v) is 6.98. The van der Waals surface area contributed by atoms with Gasteiger partial charge in [-0.3, -0.25) is 0 Å². The van der Waals surface area contributed by atoms with Crippen molar-refractivity contribution in [2.24, 2.45) is 5.92 Å². The number of nitrogens with zero attached hydrogens (tertiary/aromatic N) is 6. The molecule has 1 saturated heterocycles. The molecule has 1 aliphatic carbocycles. The minimum Gasteiger partial charge on any atom is -0.423 e. The molecule has 3 atom stereocenters. The molecule has 4 heterocycles. The van der Waals surface area contributed by atoms with Crippen molar-refractivity contribution < 1.29 is 13.6 Å². The van der Waals surface area contributed by atoms with Crippen molar-refractivity contribution >= 4 is 17.2 Å². The van der Waals surface area contributed by atoms with Gasteiger partial charge in [-0.05, 0) is 55.5 Å². The zero-order chi connectivity index (χ0) is 23.6. The van der Waals surface area contributed by atoms with Crippen LogP contribution in [0.5, 0.6) is 0 Å². The van der Waals surface area contributed by atoms with Crippen molar-refractivity contribution in [2.45, 2.75) is 51.6 Å². The van der Waals surface area contributed by atoms with Crippen LogP contribution in [0.15, 0.2) is 41.1 Å². The molecule has 1 saturated carbocycles. The van der Waals surface area contributed by atoms with Gasteiger partial charge in [0.15, 0.2) is 5.82 Å². The molecule has 4 aromatic rings. The van der Waals surface area contributed by atoms with Gasteiger partial charge in [-0.2, -0.15) is 0 Å². The van der Waals surface area contributed by atoms with E-state index in [9.17, 15) is 9.18 Å². The van der Waals surface area contributed by atoms with E-state index in [4.69, 9.17) is 4.42 Å². The molecule has 1 aliphatic heterocycles. The zero-order valence-corrected chi connectivity index (χ0v) is 19.1. The average Bonchev–Trinajstić information content (AvgIpc) is 3.43. The van der Waals surface area contributed by atoms with E-state index in [1.807, 2.05) is 18.3 Å². The van der Waals surface area contributed by atoms with Gasteiger partial charge in [0.05, 0.1) is 17.4 Å². The van der Waals surface area contributed by atoms with E-state index in [-0.39, 0.29) is 17.8 Å². The predicted octanol–water partition coefficient (Wildman–Crippen LogP) is 4.47. The van der Waals surface area contributed by atoms with Gasteiger partial charge in [0, 0.05) is 31.1 Å². The molecule has 174 valence electrons. The maximum Gasteiger partial charge on any atom is 0.323 e. The number of aromatic nitrogens is 5. The predicted molar refractivity (Wildman–Crippen MR) is 121 cm³/mol. The summed E-state index contributed by atoms with van der Waals surface area (Å²) >= 11 is 0. The van der Waals surface area contributed by atoms with Crippen molar-refractivity contribution in [3.63, 3.8) is 0 Å². The van der Waals surface area contributed by atoms with Crippen molar-refractivity contribution in [1.29, 1.82) is 0 Å². The van der Waals surface area contributed by atoms with E-state index in [0.29, 0.717) is 34.7 Å². The minimum absolute atomic E-state index is 0.0448. The Hall–Kier alpha value is -3.82. The van der Waals surface area contributed by atoms with Crippen LogP contribution in [0.1, 0.15) is 43.5 Å². The van der Waals surface area contributed by atoms with Crippen LogP contribution in [0, 0.1) is 25.6 Å². The van der Waals surface area contributed by atoms with E-state index in [2.05, 4.69) is 32.5 Å². The molecule has 2 bridgehead atoms. The first-order valence-corrected chi connectivity index (χ1v) is 11.4. The zero-order valence-electron chi connectivity index (χ0n) is 19.1. The van der Waals surface area contributed by atoms with Crippen LogP contribution in [-0.4, -0.2) is 41.8 Å². The molecule has 1 N–H and O–H groups in total. The number of carbonyl (C=O) groups is 1. The molecule has 0 radical (unpaired) electrons. The van der Waals surface area contributed by atoms with E-state index in [0.717, 1.165) is 24.8 Å². The van der Waals surface area contributed by atoms with Gasteiger partial charge in [0.25, 0.3) is 0 Å². The van der Waals surface area contributed by atoms with Gasteiger partial charge in [-0.1, -0.05) is 6.92 Å². The largest absolute Gasteiger partial charge is 0.423 e. The van der Waals surface area contributed by atoms with Crippen LogP contribution < -0.4 is 5.32 Å². The third kappa shape index (κ3) is 3.08. The summed E-state index contributed by atoms with van der Waals surface area (Å²) in [7, 11) is 0. The summed E-state index contributed by atoms with van der Waals surface area (Å²) in [5.41, 5.74) is 1.61. The number of aryl methyl sites for hydroxylation is 2. The number of anilines is 1. The normalized spacial score (nSPS) is 23.7. The van der Waals surface area contributed by atoms with Gasteiger partial charge in [-0.25, -0.2) is 18.7 Å². The summed E-state index contributed by atoms with van der Waals surface area (Å²) in [5, 5.41) is 15.5. The molecule has 2 amide bonds. The Balaban J connectivity index is 1.33. The van der Waals surface area contributed by atoms with Crippen LogP contribution in [0.25, 0.3) is 16.9 Å². The van der Waals surface area contributed by atoms with Crippen molar-refractivity contribution in [2.75, 3.05) is 5.32 Å². The molecule has 9 nitrogen and oxygen atoms in total. The number of hydrogen-bond donors (Lipinski definition) is 1. The Labute approximate surface area is 195 Å². The summed E-state index contributed by atoms with van der Waals surface area (Å²) in [4.78, 5) is 19.6. The Bertz CT molecular complexity index is 1430. The van der Waals surface area contributed by atoms with E-state index >= 15 is 0 Å². The summed E-state index contributed by atoms with van der Waals surface area (Å²) in [6.07, 6.45) is 5.91. The number of halogens is 1. The number of rotatable bonds is 3. The fourth-order valence-electron chi connectivity index (χ4n) is 5.58. The standard InChI is InChI=1S/C24H24FN7O2/c1-13-7-17-11-24(10-13,22-29-28-15(3)34-22)32(17)23(33)27-20-9-18(14(2)8-19(20)25)21-26-12-16-5-4-6-31(16)30-21/h4-6,8-9,12-13,17H,7,10-11H2,1-3H3,(H,27,33)/t13-,17+,24-/m1/s1. The number of nitrogens with one attached hydrogen (secondary N) is 1. The molecular weight excluding hydrogens is 437 g/mol. The van der Waals surface area contributed by atoms with Crippen LogP contribution in [0.2, 0.25) is 0 Å². The van der Waals surface area contributed by atoms with Gasteiger partial charge in [-0.15, -0.1) is 15.3 Å². The van der Waals surface area contributed by atoms with Gasteiger partial charge in [0.1, 0.15) is 11.4 Å². The van der Waals surface area contributed by atoms with E-state index in [1.165, 1.54) is 6.07 Å². The number of amides is 2. The molecule has 6 rings (SSSR count). The Morgan fingerprint density at radius 1 is 1.26 bits per heavy atom. The highest BCUT2D eigenvalue weighted by atomic mass is 19.1. The van der Waals surface area contributed by atoms with Crippen LogP contribution in [-0.2, 0) is 5.54 Å². The highest BCUT2D eigenvalue weighted by Gasteiger charge is 2.62. The van der Waals surface area contributed by atoms with Crippen LogP contribution in [0.4, 0.5) is 14.9 Å². The second kappa shape index (κ2) is 7.34. The van der Waals surface area contributed by atoms with Gasteiger partial charge >= 0.3 is 6.03 Å². The Kier molecular flexibility index (Phi) is 4.48. The second-order valence-electron chi connectivity index (χ2n) is 9.47.